The van der Waals surface area contributed by atoms with Crippen molar-refractivity contribution in [2.24, 2.45) is 0 Å². The number of anilines is 2. The number of nitrogens with zero attached hydrogens (tertiary/aromatic N) is 3. The molecule has 0 spiro atoms. The zero-order valence-electron chi connectivity index (χ0n) is 12.4. The average molecular weight is 292 g/mol. The number of pyridine rings is 2. The fourth-order valence-electron chi connectivity index (χ4n) is 2.11. The molecule has 0 bridgehead atoms. The molecular weight excluding hydrogens is 276 g/mol. The highest BCUT2D eigenvalue weighted by Gasteiger charge is 2.09. The molecule has 0 aliphatic rings. The Balaban J connectivity index is 1.80. The van der Waals surface area contributed by atoms with Gasteiger partial charge in [-0.1, -0.05) is 24.3 Å². The molecule has 110 valence electrons. The van der Waals surface area contributed by atoms with Crippen molar-refractivity contribution >= 4 is 28.3 Å². The molecule has 1 aromatic carbocycles. The van der Waals surface area contributed by atoms with Crippen molar-refractivity contribution in [3.63, 3.8) is 0 Å². The van der Waals surface area contributed by atoms with E-state index in [2.05, 4.69) is 15.3 Å². The maximum Gasteiger partial charge on any atom is 0.274 e. The number of para-hydroxylation sites is 1. The van der Waals surface area contributed by atoms with Gasteiger partial charge < -0.3 is 10.2 Å². The maximum absolute atomic E-state index is 12.3. The van der Waals surface area contributed by atoms with Gasteiger partial charge in [-0.2, -0.15) is 0 Å². The largest absolute Gasteiger partial charge is 0.363 e. The number of nitrogens with one attached hydrogen (secondary N) is 1. The number of carbonyl (C=O) groups is 1. The van der Waals surface area contributed by atoms with Crippen molar-refractivity contribution in [3.05, 3.63) is 60.4 Å². The summed E-state index contributed by atoms with van der Waals surface area (Å²) in [7, 11) is 3.83. The highest BCUT2D eigenvalue weighted by Crippen LogP contribution is 2.15. The molecule has 0 fully saturated rings. The van der Waals surface area contributed by atoms with Crippen LogP contribution in [0, 0.1) is 0 Å². The molecule has 0 aliphatic carbocycles. The Morgan fingerprint density at radius 2 is 1.86 bits per heavy atom. The number of benzene rings is 1. The van der Waals surface area contributed by atoms with Gasteiger partial charge in [0.25, 0.3) is 5.91 Å². The topological polar surface area (TPSA) is 58.1 Å². The number of aromatic nitrogens is 2. The highest BCUT2D eigenvalue weighted by molar-refractivity contribution is 6.04. The minimum absolute atomic E-state index is 0.245. The normalized spacial score (nSPS) is 10.5. The Morgan fingerprint density at radius 1 is 1.05 bits per heavy atom. The van der Waals surface area contributed by atoms with Crippen molar-refractivity contribution in [1.82, 2.24) is 9.97 Å². The lowest BCUT2D eigenvalue weighted by atomic mass is 10.2. The summed E-state index contributed by atoms with van der Waals surface area (Å²) in [6.07, 6.45) is 1.63. The summed E-state index contributed by atoms with van der Waals surface area (Å²) in [4.78, 5) is 22.8. The number of hydrogen-bond acceptors (Lipinski definition) is 4. The van der Waals surface area contributed by atoms with Crippen LogP contribution in [0.5, 0.6) is 0 Å². The zero-order chi connectivity index (χ0) is 15.5. The molecule has 0 saturated heterocycles. The fraction of sp³-hybridized carbons (Fsp3) is 0.118. The summed E-state index contributed by atoms with van der Waals surface area (Å²) in [5.74, 6) is 0.590. The van der Waals surface area contributed by atoms with Crippen molar-refractivity contribution < 1.29 is 4.79 Å². The molecule has 2 aromatic heterocycles. The van der Waals surface area contributed by atoms with Crippen LogP contribution < -0.4 is 10.2 Å². The van der Waals surface area contributed by atoms with E-state index in [1.807, 2.05) is 61.5 Å². The van der Waals surface area contributed by atoms with Gasteiger partial charge in [-0.25, -0.2) is 9.97 Å². The van der Waals surface area contributed by atoms with Crippen LogP contribution >= 0.6 is 0 Å². The minimum Gasteiger partial charge on any atom is -0.363 e. The van der Waals surface area contributed by atoms with E-state index in [9.17, 15) is 4.79 Å². The van der Waals surface area contributed by atoms with Crippen LogP contribution in [0.4, 0.5) is 11.5 Å². The van der Waals surface area contributed by atoms with E-state index < -0.39 is 0 Å². The van der Waals surface area contributed by atoms with E-state index in [0.29, 0.717) is 11.4 Å². The van der Waals surface area contributed by atoms with Crippen LogP contribution in [0.3, 0.4) is 0 Å². The van der Waals surface area contributed by atoms with Gasteiger partial charge in [0.1, 0.15) is 11.5 Å². The fourth-order valence-corrected chi connectivity index (χ4v) is 2.11. The summed E-state index contributed by atoms with van der Waals surface area (Å²) < 4.78 is 0. The van der Waals surface area contributed by atoms with Gasteiger partial charge in [-0.15, -0.1) is 0 Å². The molecule has 3 aromatic rings. The summed E-state index contributed by atoms with van der Waals surface area (Å²) in [5, 5.41) is 3.82. The molecule has 0 atom stereocenters. The van der Waals surface area contributed by atoms with Gasteiger partial charge in [0.05, 0.1) is 17.4 Å². The highest BCUT2D eigenvalue weighted by atomic mass is 16.1. The Kier molecular flexibility index (Phi) is 3.70. The van der Waals surface area contributed by atoms with Crippen molar-refractivity contribution in [2.75, 3.05) is 24.3 Å². The Bertz CT molecular complexity index is 812. The van der Waals surface area contributed by atoms with Crippen molar-refractivity contribution in [3.8, 4) is 0 Å². The molecule has 1 amide bonds. The molecule has 5 nitrogen and oxygen atoms in total. The number of amides is 1. The predicted octanol–water partition coefficient (Wildman–Crippen LogP) is 2.95. The van der Waals surface area contributed by atoms with Crippen LogP contribution in [-0.2, 0) is 0 Å². The number of hydrogen-bond donors (Lipinski definition) is 1. The first kappa shape index (κ1) is 14.0. The molecule has 0 aliphatic heterocycles. The smallest absolute Gasteiger partial charge is 0.274 e. The SMILES string of the molecule is CN(C)c1ccc(NC(=O)c2ccc3ccccc3n2)cn1. The maximum atomic E-state index is 12.3. The predicted molar refractivity (Wildman–Crippen MR) is 88.3 cm³/mol. The van der Waals surface area contributed by atoms with Crippen LogP contribution in [0.15, 0.2) is 54.7 Å². The minimum atomic E-state index is -0.245. The first-order valence-corrected chi connectivity index (χ1v) is 6.94. The van der Waals surface area contributed by atoms with Crippen molar-refractivity contribution in [2.45, 2.75) is 0 Å². The Morgan fingerprint density at radius 3 is 2.59 bits per heavy atom. The molecule has 3 rings (SSSR count). The lowest BCUT2D eigenvalue weighted by Gasteiger charge is -2.11. The van der Waals surface area contributed by atoms with Crippen molar-refractivity contribution in [1.29, 1.82) is 0 Å². The summed E-state index contributed by atoms with van der Waals surface area (Å²) in [6, 6.07) is 15.0. The average Bonchev–Trinajstić information content (AvgIpc) is 2.55. The molecule has 2 heterocycles. The second kappa shape index (κ2) is 5.81. The Hall–Kier alpha value is -2.95. The third kappa shape index (κ3) is 2.88. The van der Waals surface area contributed by atoms with E-state index in [0.717, 1.165) is 16.7 Å². The Labute approximate surface area is 128 Å². The van der Waals surface area contributed by atoms with Gasteiger partial charge >= 0.3 is 0 Å². The van der Waals surface area contributed by atoms with Crippen LogP contribution in [-0.4, -0.2) is 30.0 Å². The van der Waals surface area contributed by atoms with E-state index >= 15 is 0 Å². The molecule has 22 heavy (non-hydrogen) atoms. The lowest BCUT2D eigenvalue weighted by molar-refractivity contribution is 0.102. The molecule has 5 heteroatoms. The third-order valence-electron chi connectivity index (χ3n) is 3.29. The van der Waals surface area contributed by atoms with Crippen LogP contribution in [0.25, 0.3) is 10.9 Å². The van der Waals surface area contributed by atoms with Gasteiger partial charge in [-0.3, -0.25) is 4.79 Å². The van der Waals surface area contributed by atoms with Gasteiger partial charge in [-0.05, 0) is 24.3 Å². The first-order valence-electron chi connectivity index (χ1n) is 6.94. The monoisotopic (exact) mass is 292 g/mol. The summed E-state index contributed by atoms with van der Waals surface area (Å²) in [5.41, 5.74) is 1.83. The quantitative estimate of drug-likeness (QED) is 0.806. The third-order valence-corrected chi connectivity index (χ3v) is 3.29. The number of rotatable bonds is 3. The standard InChI is InChI=1S/C17H16N4O/c1-21(2)16-10-8-13(11-18-16)19-17(22)15-9-7-12-5-3-4-6-14(12)20-15/h3-11H,1-2H3,(H,19,22). The molecule has 0 unspecified atom stereocenters. The first-order chi connectivity index (χ1) is 10.6. The molecular formula is C17H16N4O. The van der Waals surface area contributed by atoms with Gasteiger partial charge in [0.15, 0.2) is 0 Å². The van der Waals surface area contributed by atoms with E-state index in [1.165, 1.54) is 0 Å². The van der Waals surface area contributed by atoms with E-state index in [1.54, 1.807) is 12.3 Å². The van der Waals surface area contributed by atoms with E-state index in [-0.39, 0.29) is 5.91 Å². The van der Waals surface area contributed by atoms with E-state index in [4.69, 9.17) is 0 Å². The molecule has 0 radical (unpaired) electrons. The molecule has 1 N–H and O–H groups in total. The second-order valence-corrected chi connectivity index (χ2v) is 5.14. The summed E-state index contributed by atoms with van der Waals surface area (Å²) >= 11 is 0. The van der Waals surface area contributed by atoms with Gasteiger partial charge in [0, 0.05) is 19.5 Å². The number of fused-ring (bicyclic) bond motifs is 1. The van der Waals surface area contributed by atoms with Crippen LogP contribution in [0.1, 0.15) is 10.5 Å². The number of carbonyl (C=O) groups excluding carboxylic acids is 1. The summed E-state index contributed by atoms with van der Waals surface area (Å²) in [6.45, 7) is 0. The van der Waals surface area contributed by atoms with Crippen LogP contribution in [0.2, 0.25) is 0 Å². The molecule has 0 saturated carbocycles. The lowest BCUT2D eigenvalue weighted by Crippen LogP contribution is -2.15. The zero-order valence-corrected chi connectivity index (χ0v) is 12.4. The second-order valence-electron chi connectivity index (χ2n) is 5.14. The van der Waals surface area contributed by atoms with Gasteiger partial charge in [0.2, 0.25) is 0 Å².